The van der Waals surface area contributed by atoms with Crippen molar-refractivity contribution in [3.05, 3.63) is 76.3 Å². The molecule has 184 valence electrons. The average molecular weight is 487 g/mol. The number of carbonyl (C=O) groups excluding carboxylic acids is 1. The van der Waals surface area contributed by atoms with E-state index in [0.717, 1.165) is 5.56 Å². The second-order valence-corrected chi connectivity index (χ2v) is 7.23. The van der Waals surface area contributed by atoms with Crippen LogP contribution in [-0.4, -0.2) is 48.6 Å². The van der Waals surface area contributed by atoms with Gasteiger partial charge in [-0.15, -0.1) is 0 Å². The van der Waals surface area contributed by atoms with Crippen molar-refractivity contribution in [3.63, 3.8) is 0 Å². The Kier molecular flexibility index (Phi) is 8.69. The van der Waals surface area contributed by atoms with E-state index in [1.807, 2.05) is 6.07 Å². The quantitative estimate of drug-likeness (QED) is 0.380. The van der Waals surface area contributed by atoms with E-state index in [2.05, 4.69) is 23.7 Å². The van der Waals surface area contributed by atoms with E-state index in [1.165, 1.54) is 14.2 Å². The molecule has 0 saturated carbocycles. The first-order valence-electron chi connectivity index (χ1n) is 10.8. The average Bonchev–Trinajstić information content (AvgIpc) is 2.93. The fraction of sp³-hybridized carbons (Fsp3) is 0.207. The van der Waals surface area contributed by atoms with Crippen LogP contribution >= 0.6 is 0 Å². The van der Waals surface area contributed by atoms with Gasteiger partial charge in [0.25, 0.3) is 0 Å². The number of carbonyl (C=O) groups is 1. The normalized spacial score (nSPS) is 9.61. The maximum atomic E-state index is 11.9. The SMILES string of the molecule is COC(=O)c1ccc(C#Cc2cc(OC)c(OC)cc2C#Cc2ccc(OC)c(OC)c2)cc1OC. The lowest BCUT2D eigenvalue weighted by atomic mass is 10.0. The number of ether oxygens (including phenoxy) is 6. The first kappa shape index (κ1) is 25.9. The second kappa shape index (κ2) is 12.1. The highest BCUT2D eigenvalue weighted by Crippen LogP contribution is 2.31. The van der Waals surface area contributed by atoms with Crippen LogP contribution < -0.4 is 23.7 Å². The molecule has 0 aliphatic rings. The van der Waals surface area contributed by atoms with Crippen molar-refractivity contribution in [1.82, 2.24) is 0 Å². The van der Waals surface area contributed by atoms with Gasteiger partial charge in [-0.1, -0.05) is 23.7 Å². The van der Waals surface area contributed by atoms with E-state index < -0.39 is 5.97 Å². The lowest BCUT2D eigenvalue weighted by molar-refractivity contribution is 0.0597. The molecule has 0 saturated heterocycles. The van der Waals surface area contributed by atoms with Crippen LogP contribution in [0.1, 0.15) is 32.6 Å². The van der Waals surface area contributed by atoms with Crippen LogP contribution in [0.15, 0.2) is 48.5 Å². The zero-order valence-corrected chi connectivity index (χ0v) is 21.0. The summed E-state index contributed by atoms with van der Waals surface area (Å²) in [5.74, 6) is 14.7. The molecule has 0 N–H and O–H groups in total. The molecule has 3 aromatic carbocycles. The number of benzene rings is 3. The van der Waals surface area contributed by atoms with E-state index in [9.17, 15) is 4.79 Å². The first-order chi connectivity index (χ1) is 17.5. The molecule has 0 fully saturated rings. The van der Waals surface area contributed by atoms with Crippen molar-refractivity contribution < 1.29 is 33.2 Å². The highest BCUT2D eigenvalue weighted by molar-refractivity contribution is 5.92. The van der Waals surface area contributed by atoms with Gasteiger partial charge in [0.15, 0.2) is 23.0 Å². The van der Waals surface area contributed by atoms with Gasteiger partial charge in [0.1, 0.15) is 11.3 Å². The van der Waals surface area contributed by atoms with Crippen molar-refractivity contribution in [1.29, 1.82) is 0 Å². The first-order valence-corrected chi connectivity index (χ1v) is 10.8. The number of esters is 1. The van der Waals surface area contributed by atoms with Crippen LogP contribution in [0.3, 0.4) is 0 Å². The second-order valence-electron chi connectivity index (χ2n) is 7.23. The Morgan fingerprint density at radius 2 is 0.972 bits per heavy atom. The fourth-order valence-electron chi connectivity index (χ4n) is 3.33. The Morgan fingerprint density at radius 1 is 0.528 bits per heavy atom. The maximum Gasteiger partial charge on any atom is 0.341 e. The summed E-state index contributed by atoms with van der Waals surface area (Å²) in [6.45, 7) is 0. The van der Waals surface area contributed by atoms with E-state index >= 15 is 0 Å². The minimum Gasteiger partial charge on any atom is -0.496 e. The van der Waals surface area contributed by atoms with Gasteiger partial charge in [-0.3, -0.25) is 0 Å². The molecule has 0 spiro atoms. The van der Waals surface area contributed by atoms with Gasteiger partial charge in [-0.25, -0.2) is 4.79 Å². The van der Waals surface area contributed by atoms with Gasteiger partial charge in [-0.05, 0) is 36.4 Å². The smallest absolute Gasteiger partial charge is 0.341 e. The number of hydrogen-bond donors (Lipinski definition) is 0. The summed E-state index contributed by atoms with van der Waals surface area (Å²) in [4.78, 5) is 11.9. The van der Waals surface area contributed by atoms with Crippen LogP contribution in [0.2, 0.25) is 0 Å². The van der Waals surface area contributed by atoms with Crippen molar-refractivity contribution >= 4 is 5.97 Å². The van der Waals surface area contributed by atoms with Crippen LogP contribution in [0, 0.1) is 23.7 Å². The van der Waals surface area contributed by atoms with Crippen LogP contribution in [0.5, 0.6) is 28.7 Å². The summed E-state index contributed by atoms with van der Waals surface area (Å²) in [7, 11) is 9.07. The van der Waals surface area contributed by atoms with E-state index in [4.69, 9.17) is 28.4 Å². The van der Waals surface area contributed by atoms with E-state index in [1.54, 1.807) is 70.9 Å². The summed E-state index contributed by atoms with van der Waals surface area (Å²) >= 11 is 0. The number of methoxy groups -OCH3 is 6. The van der Waals surface area contributed by atoms with Gasteiger partial charge >= 0.3 is 5.97 Å². The van der Waals surface area contributed by atoms with E-state index in [-0.39, 0.29) is 0 Å². The zero-order valence-electron chi connectivity index (χ0n) is 21.0. The lowest BCUT2D eigenvalue weighted by Gasteiger charge is -2.09. The molecule has 0 aliphatic heterocycles. The van der Waals surface area contributed by atoms with E-state index in [0.29, 0.717) is 51.0 Å². The Balaban J connectivity index is 2.07. The Bertz CT molecular complexity index is 1380. The summed E-state index contributed by atoms with van der Waals surface area (Å²) < 4.78 is 31.7. The Hall–Kier alpha value is -4.75. The minimum absolute atomic E-state index is 0.318. The molecular formula is C29H26O7. The Morgan fingerprint density at radius 3 is 1.44 bits per heavy atom. The summed E-state index contributed by atoms with van der Waals surface area (Å²) in [5.41, 5.74) is 2.99. The molecule has 0 amide bonds. The minimum atomic E-state index is -0.487. The predicted octanol–water partition coefficient (Wildman–Crippen LogP) is 4.32. The molecule has 0 atom stereocenters. The molecule has 0 radical (unpaired) electrons. The standard InChI is InChI=1S/C29H26O7/c1-31-24-14-10-20(16-26(24)33-3)8-12-22-18-28(35-5)27(34-4)17-21(22)11-7-19-9-13-23(29(30)36-6)25(15-19)32-2/h9-10,13-18H,1-6H3. The van der Waals surface area contributed by atoms with Crippen molar-refractivity contribution in [2.75, 3.05) is 42.7 Å². The molecule has 3 aromatic rings. The summed E-state index contributed by atoms with van der Waals surface area (Å²) in [5, 5.41) is 0. The predicted molar refractivity (Wildman–Crippen MR) is 135 cm³/mol. The monoisotopic (exact) mass is 486 g/mol. The van der Waals surface area contributed by atoms with Gasteiger partial charge in [-0.2, -0.15) is 0 Å². The molecule has 3 rings (SSSR count). The molecule has 0 bridgehead atoms. The zero-order chi connectivity index (χ0) is 26.1. The van der Waals surface area contributed by atoms with Gasteiger partial charge in [0.05, 0.1) is 42.7 Å². The van der Waals surface area contributed by atoms with Crippen molar-refractivity contribution in [2.45, 2.75) is 0 Å². The summed E-state index contributed by atoms with van der Waals surface area (Å²) in [6, 6.07) is 14.0. The topological polar surface area (TPSA) is 72.5 Å². The van der Waals surface area contributed by atoms with Crippen molar-refractivity contribution in [3.8, 4) is 52.4 Å². The highest BCUT2D eigenvalue weighted by Gasteiger charge is 2.13. The highest BCUT2D eigenvalue weighted by atomic mass is 16.5. The van der Waals surface area contributed by atoms with Crippen LogP contribution in [-0.2, 0) is 4.74 Å². The molecule has 7 nitrogen and oxygen atoms in total. The largest absolute Gasteiger partial charge is 0.496 e. The molecule has 36 heavy (non-hydrogen) atoms. The summed E-state index contributed by atoms with van der Waals surface area (Å²) in [6.07, 6.45) is 0. The number of rotatable bonds is 6. The maximum absolute atomic E-state index is 11.9. The molecule has 0 heterocycles. The third-order valence-corrected chi connectivity index (χ3v) is 5.20. The third kappa shape index (κ3) is 5.84. The van der Waals surface area contributed by atoms with Crippen molar-refractivity contribution in [2.24, 2.45) is 0 Å². The van der Waals surface area contributed by atoms with Gasteiger partial charge in [0.2, 0.25) is 0 Å². The molecule has 7 heteroatoms. The van der Waals surface area contributed by atoms with Gasteiger partial charge < -0.3 is 28.4 Å². The lowest BCUT2D eigenvalue weighted by Crippen LogP contribution is -2.04. The number of hydrogen-bond acceptors (Lipinski definition) is 7. The Labute approximate surface area is 210 Å². The van der Waals surface area contributed by atoms with Crippen LogP contribution in [0.25, 0.3) is 0 Å². The molecular weight excluding hydrogens is 460 g/mol. The fourth-order valence-corrected chi connectivity index (χ4v) is 3.33. The molecule has 0 aliphatic carbocycles. The third-order valence-electron chi connectivity index (χ3n) is 5.20. The molecule has 0 unspecified atom stereocenters. The van der Waals surface area contributed by atoms with Gasteiger partial charge in [0, 0.05) is 34.4 Å². The van der Waals surface area contributed by atoms with Crippen LogP contribution in [0.4, 0.5) is 0 Å². The molecule has 0 aromatic heterocycles.